The molecule has 3 heterocycles. The number of likely N-dealkylation sites (tertiary alicyclic amines) is 2. The van der Waals surface area contributed by atoms with Gasteiger partial charge in [0.15, 0.2) is 0 Å². The van der Waals surface area contributed by atoms with Crippen LogP contribution in [0.25, 0.3) is 10.9 Å². The molecule has 0 N–H and O–H groups in total. The van der Waals surface area contributed by atoms with Crippen LogP contribution in [0.15, 0.2) is 30.3 Å². The van der Waals surface area contributed by atoms with E-state index in [0.717, 1.165) is 34.2 Å². The Bertz CT molecular complexity index is 673. The van der Waals surface area contributed by atoms with Crippen LogP contribution in [0.4, 0.5) is 0 Å². The molecule has 3 nitrogen and oxygen atoms in total. The molecule has 122 valence electrons. The number of aromatic nitrogens is 1. The summed E-state index contributed by atoms with van der Waals surface area (Å²) in [4.78, 5) is 10.0. The lowest BCUT2D eigenvalue weighted by atomic mass is 10.0. The monoisotopic (exact) mass is 329 g/mol. The van der Waals surface area contributed by atoms with Crippen LogP contribution in [0, 0.1) is 0 Å². The lowest BCUT2D eigenvalue weighted by molar-refractivity contribution is 0.122. The Balaban J connectivity index is 1.40. The second kappa shape index (κ2) is 6.76. The summed E-state index contributed by atoms with van der Waals surface area (Å²) in [5.74, 6) is 0. The fourth-order valence-corrected chi connectivity index (χ4v) is 4.24. The van der Waals surface area contributed by atoms with Crippen molar-refractivity contribution in [3.63, 3.8) is 0 Å². The van der Waals surface area contributed by atoms with Crippen molar-refractivity contribution in [3.05, 3.63) is 41.0 Å². The zero-order valence-corrected chi connectivity index (χ0v) is 14.3. The number of para-hydroxylation sites is 1. The molecule has 0 unspecified atom stereocenters. The first-order valence-electron chi connectivity index (χ1n) is 8.80. The number of pyridine rings is 1. The zero-order chi connectivity index (χ0) is 15.6. The molecule has 0 spiro atoms. The molecule has 2 fully saturated rings. The Morgan fingerprint density at radius 2 is 1.78 bits per heavy atom. The van der Waals surface area contributed by atoms with Crippen molar-refractivity contribution in [2.75, 3.05) is 26.2 Å². The zero-order valence-electron chi connectivity index (χ0n) is 13.5. The molecule has 0 bridgehead atoms. The van der Waals surface area contributed by atoms with Gasteiger partial charge in [-0.1, -0.05) is 29.8 Å². The molecule has 2 aromatic rings. The number of piperidine rings is 1. The number of rotatable bonds is 3. The molecule has 2 aliphatic rings. The maximum Gasteiger partial charge on any atom is 0.0891 e. The summed E-state index contributed by atoms with van der Waals surface area (Å²) in [5, 5.41) is 1.87. The Morgan fingerprint density at radius 1 is 1.00 bits per heavy atom. The molecule has 0 saturated carbocycles. The van der Waals surface area contributed by atoms with E-state index in [-0.39, 0.29) is 0 Å². The van der Waals surface area contributed by atoms with Crippen LogP contribution >= 0.6 is 11.6 Å². The number of fused-ring (bicyclic) bond motifs is 1. The molecular weight excluding hydrogens is 306 g/mol. The predicted molar refractivity (Wildman–Crippen MR) is 95.9 cm³/mol. The molecule has 1 aromatic heterocycles. The van der Waals surface area contributed by atoms with E-state index in [0.29, 0.717) is 0 Å². The Kier molecular flexibility index (Phi) is 4.52. The van der Waals surface area contributed by atoms with E-state index in [1.54, 1.807) is 0 Å². The average Bonchev–Trinajstić information content (AvgIpc) is 3.11. The molecule has 0 aliphatic carbocycles. The summed E-state index contributed by atoms with van der Waals surface area (Å²) in [6.07, 6.45) is 5.38. The molecule has 4 rings (SSSR count). The molecular formula is C19H24ClN3. The first-order valence-corrected chi connectivity index (χ1v) is 9.18. The van der Waals surface area contributed by atoms with E-state index in [1.807, 2.05) is 12.1 Å². The van der Waals surface area contributed by atoms with Crippen LogP contribution in [0.2, 0.25) is 5.02 Å². The van der Waals surface area contributed by atoms with Crippen LogP contribution in [0.1, 0.15) is 31.4 Å². The van der Waals surface area contributed by atoms with Gasteiger partial charge in [0.25, 0.3) is 0 Å². The van der Waals surface area contributed by atoms with Crippen molar-refractivity contribution in [2.24, 2.45) is 0 Å². The first-order chi connectivity index (χ1) is 11.3. The summed E-state index contributed by atoms with van der Waals surface area (Å²) in [6.45, 7) is 5.94. The third kappa shape index (κ3) is 3.37. The van der Waals surface area contributed by atoms with Gasteiger partial charge in [-0.15, -0.1) is 0 Å². The van der Waals surface area contributed by atoms with Crippen molar-refractivity contribution in [3.8, 4) is 0 Å². The highest BCUT2D eigenvalue weighted by atomic mass is 35.5. The van der Waals surface area contributed by atoms with Gasteiger partial charge in [-0.25, -0.2) is 4.98 Å². The molecule has 0 atom stereocenters. The highest BCUT2D eigenvalue weighted by Crippen LogP contribution is 2.24. The Labute approximate surface area is 143 Å². The van der Waals surface area contributed by atoms with Gasteiger partial charge < -0.3 is 4.90 Å². The molecule has 0 amide bonds. The van der Waals surface area contributed by atoms with Crippen molar-refractivity contribution >= 4 is 22.5 Å². The van der Waals surface area contributed by atoms with E-state index in [9.17, 15) is 0 Å². The SMILES string of the molecule is Clc1cccc2ccc(CN3CCC(N4CCCC4)CC3)nc12. The van der Waals surface area contributed by atoms with E-state index in [4.69, 9.17) is 16.6 Å². The van der Waals surface area contributed by atoms with E-state index in [1.165, 1.54) is 51.9 Å². The van der Waals surface area contributed by atoms with E-state index >= 15 is 0 Å². The van der Waals surface area contributed by atoms with Crippen molar-refractivity contribution in [1.29, 1.82) is 0 Å². The second-order valence-electron chi connectivity index (χ2n) is 6.86. The molecule has 4 heteroatoms. The van der Waals surface area contributed by atoms with Gasteiger partial charge in [-0.2, -0.15) is 0 Å². The maximum absolute atomic E-state index is 6.28. The standard InChI is InChI=1S/C19H24ClN3/c20-18-5-3-4-15-6-7-16(21-19(15)18)14-22-12-8-17(9-13-22)23-10-1-2-11-23/h3-7,17H,1-2,8-14H2. The smallest absolute Gasteiger partial charge is 0.0891 e. The Morgan fingerprint density at radius 3 is 2.57 bits per heavy atom. The largest absolute Gasteiger partial charge is 0.300 e. The predicted octanol–water partition coefficient (Wildman–Crippen LogP) is 3.95. The van der Waals surface area contributed by atoms with Gasteiger partial charge in [0.05, 0.1) is 16.2 Å². The summed E-state index contributed by atoms with van der Waals surface area (Å²) in [6, 6.07) is 11.1. The van der Waals surface area contributed by atoms with Crippen molar-refractivity contribution < 1.29 is 0 Å². The number of halogens is 1. The quantitative estimate of drug-likeness (QED) is 0.850. The highest BCUT2D eigenvalue weighted by Gasteiger charge is 2.26. The van der Waals surface area contributed by atoms with Crippen molar-refractivity contribution in [1.82, 2.24) is 14.8 Å². The maximum atomic E-state index is 6.28. The molecule has 2 aliphatic heterocycles. The number of benzene rings is 1. The number of hydrogen-bond donors (Lipinski definition) is 0. The summed E-state index contributed by atoms with van der Waals surface area (Å²) < 4.78 is 0. The molecule has 0 radical (unpaired) electrons. The molecule has 1 aromatic carbocycles. The highest BCUT2D eigenvalue weighted by molar-refractivity contribution is 6.35. The minimum atomic E-state index is 0.747. The normalized spacial score (nSPS) is 21.3. The summed E-state index contributed by atoms with van der Waals surface area (Å²) in [5.41, 5.74) is 2.06. The third-order valence-corrected chi connectivity index (χ3v) is 5.63. The third-order valence-electron chi connectivity index (χ3n) is 5.33. The first kappa shape index (κ1) is 15.4. The summed E-state index contributed by atoms with van der Waals surface area (Å²) >= 11 is 6.28. The summed E-state index contributed by atoms with van der Waals surface area (Å²) in [7, 11) is 0. The molecule has 2 saturated heterocycles. The van der Waals surface area contributed by atoms with Gasteiger partial charge >= 0.3 is 0 Å². The fraction of sp³-hybridized carbons (Fsp3) is 0.526. The second-order valence-corrected chi connectivity index (χ2v) is 7.27. The van der Waals surface area contributed by atoms with Crippen LogP contribution in [-0.2, 0) is 6.54 Å². The average molecular weight is 330 g/mol. The van der Waals surface area contributed by atoms with Crippen LogP contribution < -0.4 is 0 Å². The number of hydrogen-bond acceptors (Lipinski definition) is 3. The lowest BCUT2D eigenvalue weighted by Gasteiger charge is -2.36. The van der Waals surface area contributed by atoms with Crippen LogP contribution in [0.5, 0.6) is 0 Å². The topological polar surface area (TPSA) is 19.4 Å². The van der Waals surface area contributed by atoms with Gasteiger partial charge in [0.1, 0.15) is 0 Å². The fourth-order valence-electron chi connectivity index (χ4n) is 4.02. The van der Waals surface area contributed by atoms with Gasteiger partial charge in [0, 0.05) is 31.1 Å². The van der Waals surface area contributed by atoms with Crippen LogP contribution in [0.3, 0.4) is 0 Å². The Hall–Kier alpha value is -1.16. The lowest BCUT2D eigenvalue weighted by Crippen LogP contribution is -2.43. The van der Waals surface area contributed by atoms with Gasteiger partial charge in [-0.05, 0) is 50.9 Å². The minimum absolute atomic E-state index is 0.747. The van der Waals surface area contributed by atoms with Gasteiger partial charge in [0.2, 0.25) is 0 Å². The van der Waals surface area contributed by atoms with E-state index < -0.39 is 0 Å². The van der Waals surface area contributed by atoms with Gasteiger partial charge in [-0.3, -0.25) is 4.90 Å². The molecule has 23 heavy (non-hydrogen) atoms. The minimum Gasteiger partial charge on any atom is -0.300 e. The van der Waals surface area contributed by atoms with Crippen molar-refractivity contribution in [2.45, 2.75) is 38.3 Å². The van der Waals surface area contributed by atoms with Crippen LogP contribution in [-0.4, -0.2) is 47.0 Å². The van der Waals surface area contributed by atoms with E-state index in [2.05, 4.69) is 28.0 Å². The number of nitrogens with zero attached hydrogens (tertiary/aromatic N) is 3.